The zero-order chi connectivity index (χ0) is 68.9. The van der Waals surface area contributed by atoms with Gasteiger partial charge in [-0.2, -0.15) is 0 Å². The average Bonchev–Trinajstić information content (AvgIpc) is 1.77. The van der Waals surface area contributed by atoms with Gasteiger partial charge in [-0.3, -0.25) is 37.3 Å². The highest BCUT2D eigenvalue weighted by Gasteiger charge is 2.30. The first kappa shape index (κ1) is 91.1. The molecule has 17 nitrogen and oxygen atoms in total. The van der Waals surface area contributed by atoms with Crippen LogP contribution in [0, 0.1) is 23.7 Å². The fourth-order valence-electron chi connectivity index (χ4n) is 11.2. The molecule has 552 valence electrons. The SMILES string of the molecule is CCC(C)CCCCCCCCC(=O)O[C@H](COC(=O)CCCCCCCCCCCCCC(C)C)COP(=O)(O)OCC(O)COP(=O)(O)OC[C@@H](COC(=O)CCCCCCCCCC(C)C)OC(=O)CCCCCCCCCCCCCCCCCCC(C)C. The number of phosphoric acid groups is 2. The van der Waals surface area contributed by atoms with Crippen molar-refractivity contribution in [3.05, 3.63) is 0 Å². The van der Waals surface area contributed by atoms with E-state index < -0.39 is 97.5 Å². The van der Waals surface area contributed by atoms with Crippen molar-refractivity contribution in [3.8, 4) is 0 Å². The van der Waals surface area contributed by atoms with Gasteiger partial charge in [0.1, 0.15) is 19.3 Å². The molecule has 0 aromatic carbocycles. The summed E-state index contributed by atoms with van der Waals surface area (Å²) in [5, 5.41) is 10.6. The molecule has 0 saturated heterocycles. The zero-order valence-electron chi connectivity index (χ0n) is 60.9. The highest BCUT2D eigenvalue weighted by molar-refractivity contribution is 7.47. The summed E-state index contributed by atoms with van der Waals surface area (Å²) in [5.41, 5.74) is 0. The van der Waals surface area contributed by atoms with Gasteiger partial charge in [0.25, 0.3) is 0 Å². The van der Waals surface area contributed by atoms with E-state index in [0.29, 0.717) is 31.6 Å². The van der Waals surface area contributed by atoms with Crippen LogP contribution in [0.15, 0.2) is 0 Å². The molecule has 0 aliphatic rings. The number of rotatable bonds is 71. The second-order valence-electron chi connectivity index (χ2n) is 28.4. The van der Waals surface area contributed by atoms with Crippen LogP contribution < -0.4 is 0 Å². The maximum atomic E-state index is 13.0. The van der Waals surface area contributed by atoms with E-state index in [4.69, 9.17) is 37.0 Å². The van der Waals surface area contributed by atoms with Crippen LogP contribution in [0.3, 0.4) is 0 Å². The van der Waals surface area contributed by atoms with Crippen molar-refractivity contribution in [2.24, 2.45) is 23.7 Å². The lowest BCUT2D eigenvalue weighted by Gasteiger charge is -2.21. The third-order valence-electron chi connectivity index (χ3n) is 17.4. The van der Waals surface area contributed by atoms with Gasteiger partial charge in [-0.05, 0) is 49.4 Å². The molecule has 19 heteroatoms. The van der Waals surface area contributed by atoms with Gasteiger partial charge in [-0.1, -0.05) is 319 Å². The van der Waals surface area contributed by atoms with Crippen molar-refractivity contribution in [1.29, 1.82) is 0 Å². The Morgan fingerprint density at radius 2 is 0.516 bits per heavy atom. The predicted molar refractivity (Wildman–Crippen MR) is 377 cm³/mol. The first-order chi connectivity index (χ1) is 44.6. The topological polar surface area (TPSA) is 237 Å². The average molecular weight is 1370 g/mol. The van der Waals surface area contributed by atoms with Gasteiger partial charge < -0.3 is 33.8 Å². The number of aliphatic hydroxyl groups excluding tert-OH is 1. The normalized spacial score (nSPS) is 14.5. The number of phosphoric ester groups is 2. The number of unbranched alkanes of at least 4 members (excludes halogenated alkanes) is 36. The fraction of sp³-hybridized carbons (Fsp3) is 0.946. The summed E-state index contributed by atoms with van der Waals surface area (Å²) in [6.07, 6.45) is 47.4. The van der Waals surface area contributed by atoms with Gasteiger partial charge in [0.2, 0.25) is 0 Å². The molecule has 0 aromatic rings. The summed E-state index contributed by atoms with van der Waals surface area (Å²) >= 11 is 0. The summed E-state index contributed by atoms with van der Waals surface area (Å²) in [7, 11) is -9.91. The molecule has 0 fully saturated rings. The summed E-state index contributed by atoms with van der Waals surface area (Å²) in [5.74, 6) is 0.878. The first-order valence-corrected chi connectivity index (χ1v) is 41.2. The van der Waals surface area contributed by atoms with Gasteiger partial charge in [-0.15, -0.1) is 0 Å². The smallest absolute Gasteiger partial charge is 0.462 e. The molecule has 4 unspecified atom stereocenters. The summed E-state index contributed by atoms with van der Waals surface area (Å²) < 4.78 is 68.4. The van der Waals surface area contributed by atoms with Crippen molar-refractivity contribution in [2.75, 3.05) is 39.6 Å². The number of hydrogen-bond donors (Lipinski definition) is 3. The second-order valence-corrected chi connectivity index (χ2v) is 31.3. The molecule has 93 heavy (non-hydrogen) atoms. The van der Waals surface area contributed by atoms with Gasteiger partial charge in [0, 0.05) is 25.7 Å². The maximum absolute atomic E-state index is 13.0. The van der Waals surface area contributed by atoms with Crippen LogP contribution in [0.2, 0.25) is 0 Å². The summed E-state index contributed by atoms with van der Waals surface area (Å²) in [6, 6.07) is 0. The van der Waals surface area contributed by atoms with E-state index >= 15 is 0 Å². The van der Waals surface area contributed by atoms with E-state index in [-0.39, 0.29) is 25.7 Å². The zero-order valence-corrected chi connectivity index (χ0v) is 62.7. The minimum atomic E-state index is -4.95. The molecule has 3 N–H and O–H groups in total. The maximum Gasteiger partial charge on any atom is 0.472 e. The number of aliphatic hydroxyl groups is 1. The molecule has 0 saturated carbocycles. The molecule has 0 bridgehead atoms. The van der Waals surface area contributed by atoms with Crippen LogP contribution in [0.25, 0.3) is 0 Å². The number of carbonyl (C=O) groups excluding carboxylic acids is 4. The van der Waals surface area contributed by atoms with Gasteiger partial charge >= 0.3 is 39.5 Å². The van der Waals surface area contributed by atoms with Crippen LogP contribution in [0.5, 0.6) is 0 Å². The third-order valence-corrected chi connectivity index (χ3v) is 19.3. The quantitative estimate of drug-likeness (QED) is 0.0222. The summed E-state index contributed by atoms with van der Waals surface area (Å²) in [6.45, 7) is 14.1. The van der Waals surface area contributed by atoms with Gasteiger partial charge in [-0.25, -0.2) is 9.13 Å². The van der Waals surface area contributed by atoms with E-state index in [1.54, 1.807) is 0 Å². The largest absolute Gasteiger partial charge is 0.472 e. The molecule has 0 radical (unpaired) electrons. The lowest BCUT2D eigenvalue weighted by Crippen LogP contribution is -2.30. The van der Waals surface area contributed by atoms with Gasteiger partial charge in [0.05, 0.1) is 26.4 Å². The minimum Gasteiger partial charge on any atom is -0.462 e. The monoisotopic (exact) mass is 1370 g/mol. The lowest BCUT2D eigenvalue weighted by atomic mass is 10.00. The molecule has 0 aliphatic heterocycles. The Balaban J connectivity index is 5.20. The Kier molecular flexibility index (Phi) is 62.2. The molecule has 0 aromatic heterocycles. The van der Waals surface area contributed by atoms with Crippen molar-refractivity contribution in [2.45, 2.75) is 388 Å². The minimum absolute atomic E-state index is 0.102. The van der Waals surface area contributed by atoms with E-state index in [9.17, 15) is 43.2 Å². The molecule has 0 rings (SSSR count). The van der Waals surface area contributed by atoms with Crippen LogP contribution in [0.1, 0.15) is 370 Å². The van der Waals surface area contributed by atoms with Crippen LogP contribution in [-0.4, -0.2) is 96.7 Å². The highest BCUT2D eigenvalue weighted by atomic mass is 31.2. The van der Waals surface area contributed by atoms with Crippen molar-refractivity contribution in [3.63, 3.8) is 0 Å². The Morgan fingerprint density at radius 3 is 0.763 bits per heavy atom. The fourth-order valence-corrected chi connectivity index (χ4v) is 12.7. The van der Waals surface area contributed by atoms with Crippen LogP contribution in [0.4, 0.5) is 0 Å². The molecular weight excluding hydrogens is 1220 g/mol. The molecule has 6 atom stereocenters. The Labute approximate surface area is 568 Å². The third kappa shape index (κ3) is 67.0. The van der Waals surface area contributed by atoms with E-state index in [2.05, 4.69) is 55.4 Å². The van der Waals surface area contributed by atoms with Crippen molar-refractivity contribution in [1.82, 2.24) is 0 Å². The number of esters is 4. The molecular formula is C74H144O17P2. The summed E-state index contributed by atoms with van der Waals surface area (Å²) in [4.78, 5) is 72.7. The number of carbonyl (C=O) groups is 4. The second kappa shape index (κ2) is 63.5. The Hall–Kier alpha value is -1.94. The molecule has 0 amide bonds. The molecule has 0 aliphatic carbocycles. The molecule has 0 spiro atoms. The lowest BCUT2D eigenvalue weighted by molar-refractivity contribution is -0.161. The number of hydrogen-bond acceptors (Lipinski definition) is 15. The predicted octanol–water partition coefficient (Wildman–Crippen LogP) is 21.3. The Morgan fingerprint density at radius 1 is 0.301 bits per heavy atom. The van der Waals surface area contributed by atoms with Crippen molar-refractivity contribution < 1.29 is 80.2 Å². The van der Waals surface area contributed by atoms with Crippen molar-refractivity contribution >= 4 is 39.5 Å². The van der Waals surface area contributed by atoms with E-state index in [1.165, 1.54) is 167 Å². The van der Waals surface area contributed by atoms with E-state index in [0.717, 1.165) is 114 Å². The first-order valence-electron chi connectivity index (χ1n) is 38.2. The Bertz CT molecular complexity index is 1840. The van der Waals surface area contributed by atoms with E-state index in [1.807, 2.05) is 0 Å². The van der Waals surface area contributed by atoms with Gasteiger partial charge in [0.15, 0.2) is 12.2 Å². The number of ether oxygens (including phenoxy) is 4. The molecule has 0 heterocycles. The van der Waals surface area contributed by atoms with Crippen LogP contribution >= 0.6 is 15.6 Å². The standard InChI is InChI=1S/C74H144O17P2/c1-9-67(8)53-45-37-32-33-41-49-57-74(79)91-70(61-84-71(76)54-46-38-29-23-20-16-18-22-27-35-43-51-65(4)5)63-89-93(82,83)87-59-68(75)58-86-92(80,81)88-62-69(60-85-72(77)55-47-39-31-25-28-36-44-52-66(6)7)90-73(78)56-48-40-30-24-19-15-13-11-10-12-14-17-21-26-34-42-50-64(2)3/h64-70,75H,9-63H2,1-8H3,(H,80,81)(H,82,83)/t67?,68?,69-,70-/m1/s1. The van der Waals surface area contributed by atoms with Crippen LogP contribution in [-0.2, 0) is 65.4 Å². The highest BCUT2D eigenvalue weighted by Crippen LogP contribution is 2.45.